The summed E-state index contributed by atoms with van der Waals surface area (Å²) in [4.78, 5) is 17.3. The lowest BCUT2D eigenvalue weighted by molar-refractivity contribution is -0.154. The summed E-state index contributed by atoms with van der Waals surface area (Å²) < 4.78 is 46.3. The van der Waals surface area contributed by atoms with Gasteiger partial charge in [0, 0.05) is 30.9 Å². The zero-order valence-corrected chi connectivity index (χ0v) is 15.8. The lowest BCUT2D eigenvalue weighted by Gasteiger charge is -2.18. The van der Waals surface area contributed by atoms with Gasteiger partial charge in [0.1, 0.15) is 12.4 Å². The quantitative estimate of drug-likeness (QED) is 0.707. The average Bonchev–Trinajstić information content (AvgIpc) is 2.64. The van der Waals surface area contributed by atoms with E-state index < -0.39 is 12.8 Å². The highest BCUT2D eigenvalue weighted by Gasteiger charge is 2.28. The van der Waals surface area contributed by atoms with E-state index in [-0.39, 0.29) is 25.1 Å². The lowest BCUT2D eigenvalue weighted by atomic mass is 10.3. The minimum atomic E-state index is -4.42. The van der Waals surface area contributed by atoms with Crippen molar-refractivity contribution in [3.8, 4) is 11.6 Å². The Morgan fingerprint density at radius 2 is 2.04 bits per heavy atom. The van der Waals surface area contributed by atoms with Gasteiger partial charge in [0.15, 0.2) is 6.61 Å². The normalized spacial score (nSPS) is 11.0. The molecule has 0 bridgehead atoms. The van der Waals surface area contributed by atoms with Gasteiger partial charge in [0.2, 0.25) is 5.88 Å². The Bertz CT molecular complexity index is 773. The maximum absolute atomic E-state index is 12.1. The Kier molecular flexibility index (Phi) is 7.74. The first-order chi connectivity index (χ1) is 13.2. The first-order valence-electron chi connectivity index (χ1n) is 8.25. The highest BCUT2D eigenvalue weighted by Crippen LogP contribution is 2.18. The Morgan fingerprint density at radius 1 is 1.25 bits per heavy atom. The second-order valence-corrected chi connectivity index (χ2v) is 6.23. The molecule has 2 aromatic rings. The van der Waals surface area contributed by atoms with Crippen LogP contribution in [0.5, 0.6) is 11.6 Å². The maximum Gasteiger partial charge on any atom is 0.422 e. The van der Waals surface area contributed by atoms with E-state index in [0.717, 1.165) is 0 Å². The Balaban J connectivity index is 1.70. The third kappa shape index (κ3) is 7.91. The Hall–Kier alpha value is -2.68. The van der Waals surface area contributed by atoms with Crippen LogP contribution in [0.3, 0.4) is 0 Å². The number of halogens is 4. The summed E-state index contributed by atoms with van der Waals surface area (Å²) in [6.07, 6.45) is -3.08. The SMILES string of the molecule is CN(CCOc1cccc(Cl)c1)C(=O)NCc1ccc(OCC(F)(F)F)nc1. The average molecular weight is 418 g/mol. The van der Waals surface area contributed by atoms with E-state index in [1.54, 1.807) is 31.3 Å². The van der Waals surface area contributed by atoms with Crippen LogP contribution < -0.4 is 14.8 Å². The fourth-order valence-electron chi connectivity index (χ4n) is 2.03. The molecule has 10 heteroatoms. The second kappa shape index (κ2) is 10.0. The van der Waals surface area contributed by atoms with Gasteiger partial charge in [-0.3, -0.25) is 0 Å². The third-order valence-corrected chi connectivity index (χ3v) is 3.70. The molecule has 0 aliphatic rings. The molecule has 1 aromatic carbocycles. The molecule has 0 fully saturated rings. The molecule has 152 valence electrons. The summed E-state index contributed by atoms with van der Waals surface area (Å²) in [5.41, 5.74) is 0.622. The van der Waals surface area contributed by atoms with Crippen LogP contribution >= 0.6 is 11.6 Å². The number of urea groups is 1. The molecular weight excluding hydrogens is 399 g/mol. The molecule has 0 aliphatic carbocycles. The third-order valence-electron chi connectivity index (χ3n) is 3.46. The first-order valence-corrected chi connectivity index (χ1v) is 8.62. The summed E-state index contributed by atoms with van der Waals surface area (Å²) in [6, 6.07) is 9.46. The molecule has 6 nitrogen and oxygen atoms in total. The van der Waals surface area contributed by atoms with Gasteiger partial charge >= 0.3 is 12.2 Å². The number of hydrogen-bond donors (Lipinski definition) is 1. The van der Waals surface area contributed by atoms with E-state index in [1.807, 2.05) is 0 Å². The first kappa shape index (κ1) is 21.6. The van der Waals surface area contributed by atoms with E-state index in [1.165, 1.54) is 23.2 Å². The van der Waals surface area contributed by atoms with Gasteiger partial charge < -0.3 is 19.7 Å². The van der Waals surface area contributed by atoms with Crippen LogP contribution in [0.4, 0.5) is 18.0 Å². The zero-order valence-electron chi connectivity index (χ0n) is 15.0. The van der Waals surface area contributed by atoms with E-state index >= 15 is 0 Å². The summed E-state index contributed by atoms with van der Waals surface area (Å²) in [5.74, 6) is 0.475. The number of rotatable bonds is 8. The molecule has 0 saturated carbocycles. The van der Waals surface area contributed by atoms with E-state index in [2.05, 4.69) is 15.0 Å². The van der Waals surface area contributed by atoms with Crippen molar-refractivity contribution in [2.24, 2.45) is 0 Å². The molecule has 1 aromatic heterocycles. The summed E-state index contributed by atoms with van der Waals surface area (Å²) >= 11 is 5.87. The standard InChI is InChI=1S/C18H19ClF3N3O3/c1-25(7-8-27-15-4-2-3-14(19)9-15)17(26)24-11-13-5-6-16(23-10-13)28-12-18(20,21)22/h2-6,9-10H,7-8,11-12H2,1H3,(H,24,26). The van der Waals surface area contributed by atoms with Crippen molar-refractivity contribution in [2.75, 3.05) is 26.8 Å². The fraction of sp³-hybridized carbons (Fsp3) is 0.333. The number of aromatic nitrogens is 1. The van der Waals surface area contributed by atoms with Crippen molar-refractivity contribution in [2.45, 2.75) is 12.7 Å². The zero-order chi connectivity index (χ0) is 20.6. The van der Waals surface area contributed by atoms with Crippen LogP contribution in [0, 0.1) is 0 Å². The predicted molar refractivity (Wildman–Crippen MR) is 97.6 cm³/mol. The number of carbonyl (C=O) groups is 1. The van der Waals surface area contributed by atoms with Crippen LogP contribution in [0.1, 0.15) is 5.56 Å². The molecule has 0 atom stereocenters. The monoisotopic (exact) mass is 417 g/mol. The second-order valence-electron chi connectivity index (χ2n) is 5.79. The molecule has 0 radical (unpaired) electrons. The van der Waals surface area contributed by atoms with Gasteiger partial charge in [-0.05, 0) is 23.8 Å². The van der Waals surface area contributed by atoms with Crippen molar-refractivity contribution < 1.29 is 27.4 Å². The lowest BCUT2D eigenvalue weighted by Crippen LogP contribution is -2.39. The fourth-order valence-corrected chi connectivity index (χ4v) is 2.21. The van der Waals surface area contributed by atoms with E-state index in [4.69, 9.17) is 16.3 Å². The summed E-state index contributed by atoms with van der Waals surface area (Å²) in [5, 5.41) is 3.24. The number of hydrogen-bond acceptors (Lipinski definition) is 4. The van der Waals surface area contributed by atoms with Gasteiger partial charge in [-0.15, -0.1) is 0 Å². The number of benzene rings is 1. The molecule has 0 aliphatic heterocycles. The van der Waals surface area contributed by atoms with E-state index in [9.17, 15) is 18.0 Å². The van der Waals surface area contributed by atoms with Crippen molar-refractivity contribution in [1.29, 1.82) is 0 Å². The van der Waals surface area contributed by atoms with Crippen LogP contribution in [-0.4, -0.2) is 48.9 Å². The topological polar surface area (TPSA) is 63.7 Å². The number of alkyl halides is 3. The van der Waals surface area contributed by atoms with Crippen molar-refractivity contribution in [3.05, 3.63) is 53.2 Å². The smallest absolute Gasteiger partial charge is 0.422 e. The molecule has 0 spiro atoms. The van der Waals surface area contributed by atoms with Gasteiger partial charge in [-0.1, -0.05) is 23.7 Å². The summed E-state index contributed by atoms with van der Waals surface area (Å²) in [6.45, 7) is -0.596. The Labute approximate surface area is 165 Å². The number of ether oxygens (including phenoxy) is 2. The molecular formula is C18H19ClF3N3O3. The minimum Gasteiger partial charge on any atom is -0.492 e. The van der Waals surface area contributed by atoms with Crippen LogP contribution in [0.25, 0.3) is 0 Å². The van der Waals surface area contributed by atoms with Crippen LogP contribution in [0.15, 0.2) is 42.6 Å². The van der Waals surface area contributed by atoms with Gasteiger partial charge in [0.05, 0.1) is 6.54 Å². The largest absolute Gasteiger partial charge is 0.492 e. The molecule has 0 saturated heterocycles. The van der Waals surface area contributed by atoms with Gasteiger partial charge in [-0.2, -0.15) is 13.2 Å². The van der Waals surface area contributed by atoms with Crippen molar-refractivity contribution in [3.63, 3.8) is 0 Å². The van der Waals surface area contributed by atoms with Crippen LogP contribution in [0.2, 0.25) is 5.02 Å². The molecule has 2 amide bonds. The van der Waals surface area contributed by atoms with Crippen molar-refractivity contribution >= 4 is 17.6 Å². The number of amides is 2. The predicted octanol–water partition coefficient (Wildman–Crippen LogP) is 3.90. The molecule has 1 heterocycles. The highest BCUT2D eigenvalue weighted by atomic mass is 35.5. The number of carbonyl (C=O) groups excluding carboxylic acids is 1. The number of pyridine rings is 1. The molecule has 2 rings (SSSR count). The van der Waals surface area contributed by atoms with Crippen LogP contribution in [-0.2, 0) is 6.54 Å². The number of likely N-dealkylation sites (N-methyl/N-ethyl adjacent to an activating group) is 1. The van der Waals surface area contributed by atoms with E-state index in [0.29, 0.717) is 22.9 Å². The Morgan fingerprint density at radius 3 is 2.68 bits per heavy atom. The minimum absolute atomic E-state index is 0.136. The molecule has 28 heavy (non-hydrogen) atoms. The maximum atomic E-state index is 12.1. The molecule has 1 N–H and O–H groups in total. The summed E-state index contributed by atoms with van der Waals surface area (Å²) in [7, 11) is 1.61. The number of nitrogens with one attached hydrogen (secondary N) is 1. The van der Waals surface area contributed by atoms with Crippen molar-refractivity contribution in [1.82, 2.24) is 15.2 Å². The van der Waals surface area contributed by atoms with Gasteiger partial charge in [0.25, 0.3) is 0 Å². The number of nitrogens with zero attached hydrogens (tertiary/aromatic N) is 2. The highest BCUT2D eigenvalue weighted by molar-refractivity contribution is 6.30. The molecule has 0 unspecified atom stereocenters. The van der Waals surface area contributed by atoms with Gasteiger partial charge in [-0.25, -0.2) is 9.78 Å².